The number of hydrogen-bond donors (Lipinski definition) is 2. The summed E-state index contributed by atoms with van der Waals surface area (Å²) in [5, 5.41) is 6.62. The molecule has 0 amide bonds. The van der Waals surface area contributed by atoms with Gasteiger partial charge < -0.3 is 25.2 Å². The molecule has 5 rings (SSSR count). The van der Waals surface area contributed by atoms with Gasteiger partial charge in [-0.2, -0.15) is 4.98 Å². The second kappa shape index (κ2) is 13.7. The molecule has 1 aromatic heterocycles. The normalized spacial score (nSPS) is 17.0. The third-order valence-corrected chi connectivity index (χ3v) is 10.1. The number of benzene rings is 2. The second-order valence-electron chi connectivity index (χ2n) is 11.6. The molecule has 2 saturated heterocycles. The molecule has 2 aliphatic heterocycles. The van der Waals surface area contributed by atoms with Gasteiger partial charge in [0.2, 0.25) is 16.0 Å². The lowest BCUT2D eigenvalue weighted by Crippen LogP contribution is -2.46. The molecule has 2 fully saturated rings. The van der Waals surface area contributed by atoms with E-state index in [2.05, 4.69) is 42.5 Å². The molecule has 232 valence electrons. The molecule has 43 heavy (non-hydrogen) atoms. The highest BCUT2D eigenvalue weighted by molar-refractivity contribution is 7.89. The summed E-state index contributed by atoms with van der Waals surface area (Å²) in [5.41, 5.74) is 2.22. The lowest BCUT2D eigenvalue weighted by molar-refractivity contribution is 0.141. The summed E-state index contributed by atoms with van der Waals surface area (Å²) in [4.78, 5) is 14.2. The van der Waals surface area contributed by atoms with Crippen LogP contribution in [-0.4, -0.2) is 80.0 Å². The van der Waals surface area contributed by atoms with E-state index in [-0.39, 0.29) is 21.8 Å². The molecule has 2 N–H and O–H groups in total. The number of hydrogen-bond acceptors (Lipinski definition) is 9. The molecule has 3 heterocycles. The van der Waals surface area contributed by atoms with Gasteiger partial charge in [0.1, 0.15) is 15.7 Å². The van der Waals surface area contributed by atoms with Crippen molar-refractivity contribution in [3.8, 4) is 5.75 Å². The summed E-state index contributed by atoms with van der Waals surface area (Å²) < 4.78 is 33.2. The zero-order valence-electron chi connectivity index (χ0n) is 25.4. The Morgan fingerprint density at radius 3 is 2.40 bits per heavy atom. The topological polar surface area (TPSA) is 103 Å². The SMILES string of the molecule is CC(C)Oc1cc(N2CCC(N3CCCCC3)CC2)ccc1Nc1ncc(Cl)c(Nc2ccccc2S(=O)(=O)N(C)C)n1. The highest BCUT2D eigenvalue weighted by atomic mass is 35.5. The molecule has 3 aromatic rings. The van der Waals surface area contributed by atoms with Gasteiger partial charge in [-0.05, 0) is 76.9 Å². The van der Waals surface area contributed by atoms with Crippen LogP contribution in [0.15, 0.2) is 53.6 Å². The van der Waals surface area contributed by atoms with Crippen molar-refractivity contribution in [2.45, 2.75) is 63.0 Å². The van der Waals surface area contributed by atoms with Crippen LogP contribution < -0.4 is 20.3 Å². The Labute approximate surface area is 260 Å². The molecular formula is C31H42ClN7O3S. The summed E-state index contributed by atoms with van der Waals surface area (Å²) in [6.07, 6.45) is 7.81. The molecule has 0 radical (unpaired) electrons. The first kappa shape index (κ1) is 31.3. The average Bonchev–Trinajstić information content (AvgIpc) is 3.00. The highest BCUT2D eigenvalue weighted by Crippen LogP contribution is 2.35. The highest BCUT2D eigenvalue weighted by Gasteiger charge is 2.26. The zero-order valence-corrected chi connectivity index (χ0v) is 27.0. The number of aromatic nitrogens is 2. The van der Waals surface area contributed by atoms with Gasteiger partial charge in [-0.15, -0.1) is 0 Å². The fraction of sp³-hybridized carbons (Fsp3) is 0.484. The Bertz CT molecular complexity index is 1500. The summed E-state index contributed by atoms with van der Waals surface area (Å²) in [6, 6.07) is 13.5. The average molecular weight is 628 g/mol. The summed E-state index contributed by atoms with van der Waals surface area (Å²) in [5.74, 6) is 1.28. The van der Waals surface area contributed by atoms with E-state index >= 15 is 0 Å². The Hall–Kier alpha value is -3.12. The minimum Gasteiger partial charge on any atom is -0.489 e. The quantitative estimate of drug-likeness (QED) is 0.276. The van der Waals surface area contributed by atoms with Gasteiger partial charge in [-0.1, -0.05) is 30.2 Å². The number of likely N-dealkylation sites (tertiary alicyclic amines) is 1. The van der Waals surface area contributed by atoms with Crippen LogP contribution in [0.25, 0.3) is 0 Å². The van der Waals surface area contributed by atoms with Gasteiger partial charge in [0.15, 0.2) is 5.82 Å². The number of halogens is 1. The lowest BCUT2D eigenvalue weighted by Gasteiger charge is -2.41. The Balaban J connectivity index is 1.34. The van der Waals surface area contributed by atoms with Crippen LogP contribution in [0.2, 0.25) is 5.02 Å². The van der Waals surface area contributed by atoms with Crippen molar-refractivity contribution in [3.05, 3.63) is 53.7 Å². The number of rotatable bonds is 10. The van der Waals surface area contributed by atoms with Crippen LogP contribution >= 0.6 is 11.6 Å². The monoisotopic (exact) mass is 627 g/mol. The molecule has 2 aliphatic rings. The minimum atomic E-state index is -3.69. The van der Waals surface area contributed by atoms with Crippen LogP contribution in [0.1, 0.15) is 46.0 Å². The Morgan fingerprint density at radius 2 is 1.70 bits per heavy atom. The fourth-order valence-electron chi connectivity index (χ4n) is 5.69. The third kappa shape index (κ3) is 7.52. The predicted molar refractivity (Wildman–Crippen MR) is 174 cm³/mol. The van der Waals surface area contributed by atoms with E-state index in [1.165, 1.54) is 69.8 Å². The zero-order chi connectivity index (χ0) is 30.6. The van der Waals surface area contributed by atoms with Crippen LogP contribution in [0, 0.1) is 0 Å². The molecule has 2 aromatic carbocycles. The second-order valence-corrected chi connectivity index (χ2v) is 14.1. The van der Waals surface area contributed by atoms with E-state index in [0.717, 1.165) is 24.5 Å². The number of nitrogens with one attached hydrogen (secondary N) is 2. The van der Waals surface area contributed by atoms with Crippen LogP contribution in [0.5, 0.6) is 5.75 Å². The first-order valence-corrected chi connectivity index (χ1v) is 16.8. The first-order valence-electron chi connectivity index (χ1n) is 15.0. The van der Waals surface area contributed by atoms with E-state index in [9.17, 15) is 8.42 Å². The van der Waals surface area contributed by atoms with Crippen molar-refractivity contribution < 1.29 is 13.2 Å². The third-order valence-electron chi connectivity index (χ3n) is 7.95. The molecule has 0 aliphatic carbocycles. The number of nitrogens with zero attached hydrogens (tertiary/aromatic N) is 5. The van der Waals surface area contributed by atoms with E-state index in [0.29, 0.717) is 23.4 Å². The van der Waals surface area contributed by atoms with Gasteiger partial charge in [0.05, 0.1) is 23.7 Å². The number of piperidine rings is 2. The van der Waals surface area contributed by atoms with Crippen molar-refractivity contribution in [2.24, 2.45) is 0 Å². The number of para-hydroxylation sites is 1. The standard InChI is InChI=1S/C31H42ClN7O3S/c1-22(2)42-28-20-24(39-18-14-23(15-19-39)38-16-8-5-9-17-38)12-13-26(28)35-31-33-21-25(32)30(36-31)34-27-10-6-7-11-29(27)43(40,41)37(3)4/h6-7,10-13,20-23H,5,8-9,14-19H2,1-4H3,(H2,33,34,35,36). The van der Waals surface area contributed by atoms with E-state index in [1.807, 2.05) is 19.9 Å². The van der Waals surface area contributed by atoms with E-state index in [1.54, 1.807) is 24.3 Å². The van der Waals surface area contributed by atoms with Crippen molar-refractivity contribution in [3.63, 3.8) is 0 Å². The number of sulfonamides is 1. The van der Waals surface area contributed by atoms with Crippen molar-refractivity contribution in [1.29, 1.82) is 0 Å². The Kier molecular flexibility index (Phi) is 9.95. The van der Waals surface area contributed by atoms with Crippen LogP contribution in [-0.2, 0) is 10.0 Å². The molecule has 0 unspecified atom stereocenters. The maximum atomic E-state index is 12.9. The largest absolute Gasteiger partial charge is 0.489 e. The minimum absolute atomic E-state index is 0.0286. The van der Waals surface area contributed by atoms with Crippen molar-refractivity contribution >= 4 is 50.5 Å². The molecule has 0 bridgehead atoms. The number of anilines is 5. The molecule has 12 heteroatoms. The Morgan fingerprint density at radius 1 is 0.977 bits per heavy atom. The molecule has 0 spiro atoms. The number of ether oxygens (including phenoxy) is 1. The van der Waals surface area contributed by atoms with Crippen LogP contribution in [0.4, 0.5) is 28.8 Å². The van der Waals surface area contributed by atoms with Gasteiger partial charge in [0, 0.05) is 45.0 Å². The first-order chi connectivity index (χ1) is 20.6. The molecule has 0 saturated carbocycles. The van der Waals surface area contributed by atoms with Gasteiger partial charge >= 0.3 is 0 Å². The predicted octanol–water partition coefficient (Wildman–Crippen LogP) is 6.11. The fourth-order valence-corrected chi connectivity index (χ4v) is 6.87. The van der Waals surface area contributed by atoms with Crippen molar-refractivity contribution in [1.82, 2.24) is 19.2 Å². The maximum Gasteiger partial charge on any atom is 0.244 e. The lowest BCUT2D eigenvalue weighted by atomic mass is 9.99. The van der Waals surface area contributed by atoms with Gasteiger partial charge in [0.25, 0.3) is 0 Å². The smallest absolute Gasteiger partial charge is 0.244 e. The molecule has 10 nitrogen and oxygen atoms in total. The molecule has 0 atom stereocenters. The van der Waals surface area contributed by atoms with Crippen LogP contribution in [0.3, 0.4) is 0 Å². The summed E-state index contributed by atoms with van der Waals surface area (Å²) >= 11 is 6.44. The summed E-state index contributed by atoms with van der Waals surface area (Å²) in [6.45, 7) is 8.53. The molecular weight excluding hydrogens is 586 g/mol. The van der Waals surface area contributed by atoms with Gasteiger partial charge in [-0.25, -0.2) is 17.7 Å². The van der Waals surface area contributed by atoms with E-state index < -0.39 is 10.0 Å². The maximum absolute atomic E-state index is 12.9. The summed E-state index contributed by atoms with van der Waals surface area (Å²) in [7, 11) is -0.710. The van der Waals surface area contributed by atoms with E-state index in [4.69, 9.17) is 16.3 Å². The van der Waals surface area contributed by atoms with Crippen molar-refractivity contribution in [2.75, 3.05) is 55.8 Å². The van der Waals surface area contributed by atoms with Gasteiger partial charge in [-0.3, -0.25) is 0 Å².